The van der Waals surface area contributed by atoms with E-state index in [-0.39, 0.29) is 0 Å². The average Bonchev–Trinajstić information content (AvgIpc) is 2.95. The highest BCUT2D eigenvalue weighted by Crippen LogP contribution is 2.20. The minimum absolute atomic E-state index is 0.352. The van der Waals surface area contributed by atoms with Gasteiger partial charge >= 0.3 is 6.03 Å². The van der Waals surface area contributed by atoms with E-state index in [4.69, 9.17) is 0 Å². The maximum atomic E-state index is 13.6. The fourth-order valence-electron chi connectivity index (χ4n) is 2.83. The highest BCUT2D eigenvalue weighted by molar-refractivity contribution is 6.07. The zero-order chi connectivity index (χ0) is 20.3. The lowest BCUT2D eigenvalue weighted by atomic mass is 10.1. The normalized spacial score (nSPS) is 16.2. The van der Waals surface area contributed by atoms with Crippen LogP contribution in [0.5, 0.6) is 0 Å². The molecule has 0 spiro atoms. The lowest BCUT2D eigenvalue weighted by Crippen LogP contribution is -2.38. The van der Waals surface area contributed by atoms with Crippen LogP contribution in [0.1, 0.15) is 12.0 Å². The van der Waals surface area contributed by atoms with E-state index in [9.17, 15) is 27.6 Å². The first-order chi connectivity index (χ1) is 13.4. The maximum absolute atomic E-state index is 13.6. The summed E-state index contributed by atoms with van der Waals surface area (Å²) >= 11 is 0. The van der Waals surface area contributed by atoms with Crippen LogP contribution in [0.3, 0.4) is 0 Å². The number of nitrogens with zero attached hydrogens (tertiary/aromatic N) is 1. The molecule has 9 heteroatoms. The molecule has 2 N–H and O–H groups in total. The van der Waals surface area contributed by atoms with Crippen LogP contribution in [-0.2, 0) is 16.0 Å². The van der Waals surface area contributed by atoms with Gasteiger partial charge in [-0.2, -0.15) is 0 Å². The van der Waals surface area contributed by atoms with Gasteiger partial charge in [-0.1, -0.05) is 30.3 Å². The number of halogens is 3. The van der Waals surface area contributed by atoms with Crippen LogP contribution in [0, 0.1) is 17.5 Å². The van der Waals surface area contributed by atoms with E-state index < -0.39 is 53.6 Å². The Hall–Kier alpha value is -3.36. The summed E-state index contributed by atoms with van der Waals surface area (Å²) in [6.07, 6.45) is 0.905. The number of benzene rings is 2. The monoisotopic (exact) mass is 391 g/mol. The number of hydrogen-bond acceptors (Lipinski definition) is 3. The smallest absolute Gasteiger partial charge is 0.325 e. The second-order valence-electron chi connectivity index (χ2n) is 6.22. The van der Waals surface area contributed by atoms with Crippen LogP contribution >= 0.6 is 0 Å². The van der Waals surface area contributed by atoms with Gasteiger partial charge in [0.15, 0.2) is 17.5 Å². The Morgan fingerprint density at radius 3 is 2.46 bits per heavy atom. The van der Waals surface area contributed by atoms with E-state index in [1.165, 1.54) is 0 Å². The molecule has 0 unspecified atom stereocenters. The first kappa shape index (κ1) is 19.4. The number of amides is 4. The van der Waals surface area contributed by atoms with Crippen molar-refractivity contribution in [2.24, 2.45) is 0 Å². The quantitative estimate of drug-likeness (QED) is 0.587. The fraction of sp³-hybridized carbons (Fsp3) is 0.211. The van der Waals surface area contributed by atoms with Crippen LogP contribution in [-0.4, -0.2) is 35.3 Å². The van der Waals surface area contributed by atoms with Gasteiger partial charge < -0.3 is 10.6 Å². The van der Waals surface area contributed by atoms with Gasteiger partial charge in [-0.3, -0.25) is 14.5 Å². The Morgan fingerprint density at radius 2 is 1.75 bits per heavy atom. The topological polar surface area (TPSA) is 78.5 Å². The molecule has 28 heavy (non-hydrogen) atoms. The second-order valence-corrected chi connectivity index (χ2v) is 6.22. The van der Waals surface area contributed by atoms with Crippen molar-refractivity contribution < 1.29 is 27.6 Å². The van der Waals surface area contributed by atoms with Crippen molar-refractivity contribution in [2.45, 2.75) is 18.9 Å². The molecule has 2 aromatic rings. The molecule has 0 aliphatic carbocycles. The van der Waals surface area contributed by atoms with Crippen molar-refractivity contribution in [3.8, 4) is 0 Å². The third-order valence-corrected chi connectivity index (χ3v) is 4.28. The third kappa shape index (κ3) is 4.13. The van der Waals surface area contributed by atoms with E-state index >= 15 is 0 Å². The predicted molar refractivity (Wildman–Crippen MR) is 93.7 cm³/mol. The predicted octanol–water partition coefficient (Wildman–Crippen LogP) is 2.60. The van der Waals surface area contributed by atoms with Crippen LogP contribution in [0.4, 0.5) is 23.7 Å². The molecule has 1 aliphatic heterocycles. The summed E-state index contributed by atoms with van der Waals surface area (Å²) in [7, 11) is 0. The van der Waals surface area contributed by atoms with E-state index in [2.05, 4.69) is 5.32 Å². The number of carbonyl (C=O) groups excluding carboxylic acids is 3. The number of aryl methyl sites for hydroxylation is 1. The molecule has 1 atom stereocenters. The Morgan fingerprint density at radius 1 is 1.04 bits per heavy atom. The van der Waals surface area contributed by atoms with Crippen molar-refractivity contribution in [1.82, 2.24) is 10.2 Å². The molecule has 0 radical (unpaired) electrons. The number of carbonyl (C=O) groups is 3. The molecule has 4 amide bonds. The van der Waals surface area contributed by atoms with Crippen molar-refractivity contribution >= 4 is 23.5 Å². The van der Waals surface area contributed by atoms with Gasteiger partial charge in [-0.05, 0) is 30.5 Å². The van der Waals surface area contributed by atoms with Gasteiger partial charge in [0.05, 0.1) is 5.69 Å². The minimum Gasteiger partial charge on any atom is -0.326 e. The van der Waals surface area contributed by atoms with Crippen molar-refractivity contribution in [2.75, 3.05) is 11.9 Å². The number of rotatable bonds is 6. The molecule has 0 saturated carbocycles. The van der Waals surface area contributed by atoms with Crippen molar-refractivity contribution in [3.05, 3.63) is 65.5 Å². The Labute approximate surface area is 158 Å². The molecular weight excluding hydrogens is 375 g/mol. The number of imide groups is 1. The molecule has 0 bridgehead atoms. The lowest BCUT2D eigenvalue weighted by Gasteiger charge is -2.13. The largest absolute Gasteiger partial charge is 0.326 e. The van der Waals surface area contributed by atoms with E-state index in [1.54, 1.807) is 0 Å². The molecule has 146 valence electrons. The molecule has 1 heterocycles. The maximum Gasteiger partial charge on any atom is 0.325 e. The molecule has 6 nitrogen and oxygen atoms in total. The van der Waals surface area contributed by atoms with E-state index in [0.29, 0.717) is 23.8 Å². The molecule has 1 aliphatic rings. The van der Waals surface area contributed by atoms with Crippen LogP contribution < -0.4 is 10.6 Å². The summed E-state index contributed by atoms with van der Waals surface area (Å²) in [6, 6.07) is 9.34. The van der Waals surface area contributed by atoms with Gasteiger partial charge in [0.2, 0.25) is 5.91 Å². The van der Waals surface area contributed by atoms with Crippen molar-refractivity contribution in [1.29, 1.82) is 0 Å². The minimum atomic E-state index is -1.73. The second kappa shape index (κ2) is 8.12. The highest BCUT2D eigenvalue weighted by atomic mass is 19.2. The van der Waals surface area contributed by atoms with Crippen LogP contribution in [0.15, 0.2) is 42.5 Å². The highest BCUT2D eigenvalue weighted by Gasteiger charge is 2.38. The molecule has 3 rings (SSSR count). The Bertz CT molecular complexity index is 921. The first-order valence-corrected chi connectivity index (χ1v) is 8.46. The van der Waals surface area contributed by atoms with Crippen LogP contribution in [0.25, 0.3) is 0 Å². The standard InChI is InChI=1S/C19H16F3N3O3/c20-12-7-9-13(17(22)16(12)21)23-15(26)10-25-18(27)14(24-19(25)28)8-6-11-4-2-1-3-5-11/h1-5,7,9,14H,6,8,10H2,(H,23,26)(H,24,28)/t14-/m1/s1. The molecule has 1 fully saturated rings. The summed E-state index contributed by atoms with van der Waals surface area (Å²) in [4.78, 5) is 37.1. The van der Waals surface area contributed by atoms with Gasteiger partial charge in [-0.25, -0.2) is 18.0 Å². The Balaban J connectivity index is 1.59. The summed E-state index contributed by atoms with van der Waals surface area (Å²) in [5, 5.41) is 4.52. The molecule has 0 aromatic heterocycles. The van der Waals surface area contributed by atoms with Gasteiger partial charge in [0.1, 0.15) is 12.6 Å². The summed E-state index contributed by atoms with van der Waals surface area (Å²) in [5.41, 5.74) is 0.408. The van der Waals surface area contributed by atoms with E-state index in [0.717, 1.165) is 11.6 Å². The van der Waals surface area contributed by atoms with Gasteiger partial charge in [0.25, 0.3) is 5.91 Å². The summed E-state index contributed by atoms with van der Waals surface area (Å²) < 4.78 is 39.8. The first-order valence-electron chi connectivity index (χ1n) is 8.46. The third-order valence-electron chi connectivity index (χ3n) is 4.28. The number of nitrogens with one attached hydrogen (secondary N) is 2. The van der Waals surface area contributed by atoms with E-state index in [1.807, 2.05) is 35.6 Å². The Kier molecular flexibility index (Phi) is 5.62. The fourth-order valence-corrected chi connectivity index (χ4v) is 2.83. The number of anilines is 1. The summed E-state index contributed by atoms with van der Waals surface area (Å²) in [5.74, 6) is -6.19. The number of urea groups is 1. The SMILES string of the molecule is O=C(CN1C(=O)N[C@H](CCc2ccccc2)C1=O)Nc1ccc(F)c(F)c1F. The summed E-state index contributed by atoms with van der Waals surface area (Å²) in [6.45, 7) is -0.676. The van der Waals surface area contributed by atoms with Gasteiger partial charge in [0, 0.05) is 0 Å². The lowest BCUT2D eigenvalue weighted by molar-refractivity contribution is -0.130. The molecule has 1 saturated heterocycles. The van der Waals surface area contributed by atoms with Crippen molar-refractivity contribution in [3.63, 3.8) is 0 Å². The van der Waals surface area contributed by atoms with Gasteiger partial charge in [-0.15, -0.1) is 0 Å². The molecular formula is C19H16F3N3O3. The number of hydrogen-bond donors (Lipinski definition) is 2. The molecule has 2 aromatic carbocycles. The zero-order valence-corrected chi connectivity index (χ0v) is 14.5. The zero-order valence-electron chi connectivity index (χ0n) is 14.5. The average molecular weight is 391 g/mol. The van der Waals surface area contributed by atoms with Crippen LogP contribution in [0.2, 0.25) is 0 Å².